The van der Waals surface area contributed by atoms with Gasteiger partial charge in [-0.05, 0) is 42.5 Å². The molecule has 0 aliphatic carbocycles. The highest BCUT2D eigenvalue weighted by Crippen LogP contribution is 2.31. The number of nitrogens with two attached hydrogens (primary N) is 1. The highest BCUT2D eigenvalue weighted by molar-refractivity contribution is 6.33. The van der Waals surface area contributed by atoms with Gasteiger partial charge in [0.2, 0.25) is 0 Å². The number of nitrogens with one attached hydrogen (secondary N) is 1. The Morgan fingerprint density at radius 2 is 1.90 bits per heavy atom. The van der Waals surface area contributed by atoms with Crippen LogP contribution in [-0.4, -0.2) is 4.98 Å². The fraction of sp³-hybridized carbons (Fsp3) is 0. The summed E-state index contributed by atoms with van der Waals surface area (Å²) in [6.07, 6.45) is 1.69. The molecule has 0 fully saturated rings. The SMILES string of the molecule is Nc1ccc(Nc2ccc(F)cc2Cl)c2cccnc12. The number of hydrogen-bond donors (Lipinski definition) is 2. The second-order valence-electron chi connectivity index (χ2n) is 4.35. The number of nitrogens with zero attached hydrogens (tertiary/aromatic N) is 1. The number of anilines is 3. The van der Waals surface area contributed by atoms with Gasteiger partial charge in [0.05, 0.1) is 21.9 Å². The molecule has 3 N–H and O–H groups in total. The van der Waals surface area contributed by atoms with Gasteiger partial charge in [0.15, 0.2) is 0 Å². The Morgan fingerprint density at radius 1 is 1.10 bits per heavy atom. The number of halogens is 2. The van der Waals surface area contributed by atoms with Gasteiger partial charge in [-0.25, -0.2) is 4.39 Å². The second kappa shape index (κ2) is 4.98. The van der Waals surface area contributed by atoms with Gasteiger partial charge in [-0.1, -0.05) is 11.6 Å². The van der Waals surface area contributed by atoms with Gasteiger partial charge in [-0.15, -0.1) is 0 Å². The zero-order chi connectivity index (χ0) is 14.1. The number of nitrogen functional groups attached to an aromatic ring is 1. The van der Waals surface area contributed by atoms with E-state index in [0.29, 0.717) is 16.4 Å². The fourth-order valence-corrected chi connectivity index (χ4v) is 2.25. The van der Waals surface area contributed by atoms with Gasteiger partial charge in [-0.3, -0.25) is 4.98 Å². The van der Waals surface area contributed by atoms with Crippen LogP contribution in [0, 0.1) is 5.82 Å². The van der Waals surface area contributed by atoms with E-state index in [1.54, 1.807) is 18.3 Å². The predicted octanol–water partition coefficient (Wildman–Crippen LogP) is 4.35. The highest BCUT2D eigenvalue weighted by Gasteiger charge is 2.07. The van der Waals surface area contributed by atoms with E-state index in [1.165, 1.54) is 12.1 Å². The van der Waals surface area contributed by atoms with Crippen LogP contribution in [0.25, 0.3) is 10.9 Å². The molecule has 2 aromatic carbocycles. The molecule has 3 rings (SSSR count). The van der Waals surface area contributed by atoms with E-state index in [0.717, 1.165) is 16.6 Å². The molecule has 0 unspecified atom stereocenters. The molecule has 0 aliphatic rings. The highest BCUT2D eigenvalue weighted by atomic mass is 35.5. The first-order chi connectivity index (χ1) is 9.65. The van der Waals surface area contributed by atoms with Crippen molar-refractivity contribution in [2.24, 2.45) is 0 Å². The maximum atomic E-state index is 13.1. The van der Waals surface area contributed by atoms with Crippen LogP contribution in [-0.2, 0) is 0 Å². The Balaban J connectivity index is 2.09. The summed E-state index contributed by atoms with van der Waals surface area (Å²) in [5, 5.41) is 4.38. The van der Waals surface area contributed by atoms with Gasteiger partial charge < -0.3 is 11.1 Å². The lowest BCUT2D eigenvalue weighted by Crippen LogP contribution is -1.96. The molecule has 100 valence electrons. The summed E-state index contributed by atoms with van der Waals surface area (Å²) in [6, 6.07) is 11.6. The third-order valence-corrected chi connectivity index (χ3v) is 3.31. The second-order valence-corrected chi connectivity index (χ2v) is 4.76. The summed E-state index contributed by atoms with van der Waals surface area (Å²) in [5.74, 6) is -0.371. The van der Waals surface area contributed by atoms with Crippen LogP contribution in [0.15, 0.2) is 48.7 Å². The molecular weight excluding hydrogens is 277 g/mol. The molecule has 20 heavy (non-hydrogen) atoms. The van der Waals surface area contributed by atoms with Crippen molar-refractivity contribution < 1.29 is 4.39 Å². The lowest BCUT2D eigenvalue weighted by Gasteiger charge is -2.12. The van der Waals surface area contributed by atoms with E-state index < -0.39 is 0 Å². The van der Waals surface area contributed by atoms with Crippen LogP contribution >= 0.6 is 11.6 Å². The summed E-state index contributed by atoms with van der Waals surface area (Å²) in [6.45, 7) is 0. The molecule has 0 aliphatic heterocycles. The first-order valence-corrected chi connectivity index (χ1v) is 6.38. The zero-order valence-electron chi connectivity index (χ0n) is 10.4. The first kappa shape index (κ1) is 12.7. The van der Waals surface area contributed by atoms with E-state index >= 15 is 0 Å². The third kappa shape index (κ3) is 2.26. The average molecular weight is 288 g/mol. The Kier molecular flexibility index (Phi) is 3.16. The number of pyridine rings is 1. The molecule has 0 saturated carbocycles. The standard InChI is InChI=1S/C15H11ClFN3/c16-11-8-9(17)3-5-14(11)20-13-6-4-12(18)15-10(13)2-1-7-19-15/h1-8,20H,18H2. The maximum absolute atomic E-state index is 13.1. The average Bonchev–Trinajstić information content (AvgIpc) is 2.45. The molecule has 0 spiro atoms. The molecule has 3 nitrogen and oxygen atoms in total. The van der Waals surface area contributed by atoms with Gasteiger partial charge in [0.1, 0.15) is 5.82 Å². The fourth-order valence-electron chi connectivity index (χ4n) is 2.04. The molecule has 1 aromatic heterocycles. The van der Waals surface area contributed by atoms with Gasteiger partial charge in [0, 0.05) is 17.3 Å². The van der Waals surface area contributed by atoms with E-state index in [9.17, 15) is 4.39 Å². The first-order valence-electron chi connectivity index (χ1n) is 6.00. The van der Waals surface area contributed by atoms with Crippen molar-refractivity contribution in [1.82, 2.24) is 4.98 Å². The Hall–Kier alpha value is -2.33. The Labute approximate surface area is 120 Å². The van der Waals surface area contributed by atoms with E-state index in [-0.39, 0.29) is 5.82 Å². The van der Waals surface area contributed by atoms with Crippen molar-refractivity contribution in [2.75, 3.05) is 11.1 Å². The summed E-state index contributed by atoms with van der Waals surface area (Å²) >= 11 is 6.02. The molecule has 1 heterocycles. The van der Waals surface area contributed by atoms with E-state index in [2.05, 4.69) is 10.3 Å². The van der Waals surface area contributed by atoms with Crippen molar-refractivity contribution in [3.63, 3.8) is 0 Å². The molecule has 0 amide bonds. The van der Waals surface area contributed by atoms with Crippen LogP contribution in [0.5, 0.6) is 0 Å². The minimum Gasteiger partial charge on any atom is -0.397 e. The quantitative estimate of drug-likeness (QED) is 0.689. The van der Waals surface area contributed by atoms with Crippen LogP contribution in [0.3, 0.4) is 0 Å². The van der Waals surface area contributed by atoms with Gasteiger partial charge in [-0.2, -0.15) is 0 Å². The number of rotatable bonds is 2. The smallest absolute Gasteiger partial charge is 0.124 e. The van der Waals surface area contributed by atoms with Gasteiger partial charge >= 0.3 is 0 Å². The summed E-state index contributed by atoms with van der Waals surface area (Å²) < 4.78 is 13.1. The summed E-state index contributed by atoms with van der Waals surface area (Å²) in [7, 11) is 0. The molecule has 0 bridgehead atoms. The minimum absolute atomic E-state index is 0.318. The Morgan fingerprint density at radius 3 is 2.70 bits per heavy atom. The normalized spacial score (nSPS) is 10.7. The van der Waals surface area contributed by atoms with Gasteiger partial charge in [0.25, 0.3) is 0 Å². The number of hydrogen-bond acceptors (Lipinski definition) is 3. The topological polar surface area (TPSA) is 50.9 Å². The van der Waals surface area contributed by atoms with Crippen molar-refractivity contribution in [2.45, 2.75) is 0 Å². The van der Waals surface area contributed by atoms with Crippen molar-refractivity contribution in [3.8, 4) is 0 Å². The van der Waals surface area contributed by atoms with Crippen LogP contribution in [0.4, 0.5) is 21.5 Å². The minimum atomic E-state index is -0.371. The molecule has 5 heteroatoms. The molecular formula is C15H11ClFN3. The van der Waals surface area contributed by atoms with Crippen LogP contribution in [0.1, 0.15) is 0 Å². The lowest BCUT2D eigenvalue weighted by molar-refractivity contribution is 0.628. The van der Waals surface area contributed by atoms with E-state index in [1.807, 2.05) is 18.2 Å². The molecule has 0 atom stereocenters. The Bertz CT molecular complexity index is 789. The van der Waals surface area contributed by atoms with Crippen molar-refractivity contribution in [3.05, 3.63) is 59.5 Å². The largest absolute Gasteiger partial charge is 0.397 e. The number of aromatic nitrogens is 1. The van der Waals surface area contributed by atoms with Crippen molar-refractivity contribution in [1.29, 1.82) is 0 Å². The predicted molar refractivity (Wildman–Crippen MR) is 80.8 cm³/mol. The molecule has 3 aromatic rings. The summed E-state index contributed by atoms with van der Waals surface area (Å²) in [5.41, 5.74) is 8.67. The zero-order valence-corrected chi connectivity index (χ0v) is 11.2. The molecule has 0 radical (unpaired) electrons. The van der Waals surface area contributed by atoms with Crippen LogP contribution in [0.2, 0.25) is 5.02 Å². The van der Waals surface area contributed by atoms with Crippen LogP contribution < -0.4 is 11.1 Å². The van der Waals surface area contributed by atoms with Crippen molar-refractivity contribution >= 4 is 39.6 Å². The lowest BCUT2D eigenvalue weighted by atomic mass is 10.1. The maximum Gasteiger partial charge on any atom is 0.124 e. The number of benzene rings is 2. The summed E-state index contributed by atoms with van der Waals surface area (Å²) in [4.78, 5) is 4.26. The number of fused-ring (bicyclic) bond motifs is 1. The third-order valence-electron chi connectivity index (χ3n) is 3.00. The monoisotopic (exact) mass is 287 g/mol. The molecule has 0 saturated heterocycles. The van der Waals surface area contributed by atoms with E-state index in [4.69, 9.17) is 17.3 Å².